The average molecular weight is 384 g/mol. The second-order valence-electron chi connectivity index (χ2n) is 4.72. The van der Waals surface area contributed by atoms with Gasteiger partial charge in [-0.1, -0.05) is 28.1 Å². The van der Waals surface area contributed by atoms with Gasteiger partial charge in [0.05, 0.1) is 11.1 Å². The van der Waals surface area contributed by atoms with E-state index in [1.165, 1.54) is 6.07 Å². The number of benzene rings is 2. The molecule has 2 aromatic rings. The number of aromatic carboxylic acids is 2. The minimum absolute atomic E-state index is 0.00308. The molecule has 0 aliphatic rings. The van der Waals surface area contributed by atoms with Crippen molar-refractivity contribution in [3.8, 4) is 11.1 Å². The zero-order valence-corrected chi connectivity index (χ0v) is 13.9. The Balaban J connectivity index is 2.92. The highest BCUT2D eigenvalue weighted by molar-refractivity contribution is 9.10. The van der Waals surface area contributed by atoms with E-state index in [1.807, 2.05) is 0 Å². The van der Waals surface area contributed by atoms with E-state index in [2.05, 4.69) is 15.9 Å². The lowest BCUT2D eigenvalue weighted by molar-refractivity contribution is 0.0695. The van der Waals surface area contributed by atoms with Crippen molar-refractivity contribution in [1.29, 1.82) is 0 Å². The van der Waals surface area contributed by atoms with Crippen LogP contribution in [0, 0.1) is 6.92 Å². The smallest absolute Gasteiger partial charge is 0.336 e. The van der Waals surface area contributed by atoms with Crippen LogP contribution in [-0.2, 0) is 5.88 Å². The van der Waals surface area contributed by atoms with Crippen LogP contribution in [0.2, 0.25) is 0 Å². The number of carboxylic acids is 2. The second-order valence-corrected chi connectivity index (χ2v) is 5.90. The fourth-order valence-electron chi connectivity index (χ4n) is 2.35. The number of carbonyl (C=O) groups is 2. The third kappa shape index (κ3) is 3.00. The lowest BCUT2D eigenvalue weighted by atomic mass is 9.88. The van der Waals surface area contributed by atoms with Crippen molar-refractivity contribution in [1.82, 2.24) is 0 Å². The summed E-state index contributed by atoms with van der Waals surface area (Å²) in [6.07, 6.45) is 0. The van der Waals surface area contributed by atoms with E-state index in [9.17, 15) is 19.8 Å². The van der Waals surface area contributed by atoms with E-state index in [0.29, 0.717) is 16.7 Å². The van der Waals surface area contributed by atoms with Crippen LogP contribution in [0.5, 0.6) is 0 Å². The van der Waals surface area contributed by atoms with Gasteiger partial charge in [-0.25, -0.2) is 9.59 Å². The van der Waals surface area contributed by atoms with Gasteiger partial charge in [0.25, 0.3) is 0 Å². The van der Waals surface area contributed by atoms with Gasteiger partial charge in [0.15, 0.2) is 0 Å². The molecule has 22 heavy (non-hydrogen) atoms. The molecule has 0 bridgehead atoms. The van der Waals surface area contributed by atoms with E-state index < -0.39 is 11.9 Å². The van der Waals surface area contributed by atoms with Crippen molar-refractivity contribution in [2.75, 3.05) is 0 Å². The molecule has 0 saturated carbocycles. The molecule has 0 aliphatic carbocycles. The lowest BCUT2D eigenvalue weighted by Crippen LogP contribution is -2.12. The number of rotatable bonds is 4. The highest BCUT2D eigenvalue weighted by Gasteiger charge is 2.25. The van der Waals surface area contributed by atoms with E-state index in [-0.39, 0.29) is 22.6 Å². The molecule has 0 aliphatic heterocycles. The highest BCUT2D eigenvalue weighted by atomic mass is 79.9. The maximum Gasteiger partial charge on any atom is 0.336 e. The normalized spacial score (nSPS) is 10.5. The summed E-state index contributed by atoms with van der Waals surface area (Å²) < 4.78 is 0.815. The highest BCUT2D eigenvalue weighted by Crippen LogP contribution is 2.34. The fourth-order valence-corrected chi connectivity index (χ4v) is 2.96. The van der Waals surface area contributed by atoms with Gasteiger partial charge >= 0.3 is 11.9 Å². The molecule has 0 spiro atoms. The summed E-state index contributed by atoms with van der Waals surface area (Å²) in [7, 11) is 0. The molecule has 0 atom stereocenters. The van der Waals surface area contributed by atoms with Crippen LogP contribution in [0.15, 0.2) is 34.8 Å². The summed E-state index contributed by atoms with van der Waals surface area (Å²) in [5, 5.41) is 19.0. The molecule has 0 fully saturated rings. The predicted molar refractivity (Wildman–Crippen MR) is 87.8 cm³/mol. The molecule has 0 amide bonds. The van der Waals surface area contributed by atoms with Crippen LogP contribution in [0.4, 0.5) is 0 Å². The number of carboxylic acid groups (broad SMARTS) is 2. The molecule has 0 radical (unpaired) electrons. The van der Waals surface area contributed by atoms with Crippen molar-refractivity contribution in [2.24, 2.45) is 0 Å². The molecule has 0 saturated heterocycles. The molecule has 6 heteroatoms. The molecule has 114 valence electrons. The number of hydrogen-bond donors (Lipinski definition) is 2. The lowest BCUT2D eigenvalue weighted by Gasteiger charge is -2.16. The van der Waals surface area contributed by atoms with Crippen LogP contribution in [0.25, 0.3) is 11.1 Å². The molecule has 4 nitrogen and oxygen atoms in total. The molecule has 0 unspecified atom stereocenters. The molecule has 2 aromatic carbocycles. The number of hydrogen-bond acceptors (Lipinski definition) is 2. The Hall–Kier alpha value is -1.85. The van der Waals surface area contributed by atoms with Crippen molar-refractivity contribution in [2.45, 2.75) is 12.8 Å². The topological polar surface area (TPSA) is 74.6 Å². The Morgan fingerprint density at radius 3 is 2.18 bits per heavy atom. The Labute approximate surface area is 140 Å². The van der Waals surface area contributed by atoms with E-state index in [1.54, 1.807) is 31.2 Å². The van der Waals surface area contributed by atoms with Gasteiger partial charge in [-0.15, -0.1) is 11.6 Å². The maximum atomic E-state index is 11.7. The first-order chi connectivity index (χ1) is 10.4. The summed E-state index contributed by atoms with van der Waals surface area (Å²) in [5.74, 6) is -2.37. The standard InChI is InChI=1S/C16H12BrClO4/c1-8-6-11(15(19)20)13(9-2-4-10(17)5-3-9)14(16(21)22)12(8)7-18/h2-6H,7H2,1H3,(H,19,20)(H,21,22). The monoisotopic (exact) mass is 382 g/mol. The molecule has 0 heterocycles. The van der Waals surface area contributed by atoms with Crippen LogP contribution in [0.3, 0.4) is 0 Å². The summed E-state index contributed by atoms with van der Waals surface area (Å²) in [4.78, 5) is 23.3. The SMILES string of the molecule is Cc1cc(C(=O)O)c(-c2ccc(Br)cc2)c(C(=O)O)c1CCl. The van der Waals surface area contributed by atoms with E-state index >= 15 is 0 Å². The largest absolute Gasteiger partial charge is 0.478 e. The first-order valence-corrected chi connectivity index (χ1v) is 7.64. The molecular weight excluding hydrogens is 372 g/mol. The summed E-state index contributed by atoms with van der Waals surface area (Å²) in [6, 6.07) is 8.26. The molecular formula is C16H12BrClO4. The minimum Gasteiger partial charge on any atom is -0.478 e. The molecule has 2 rings (SSSR count). The van der Waals surface area contributed by atoms with Crippen LogP contribution >= 0.6 is 27.5 Å². The van der Waals surface area contributed by atoms with Gasteiger partial charge in [0, 0.05) is 15.9 Å². The number of aryl methyl sites for hydroxylation is 1. The van der Waals surface area contributed by atoms with E-state index in [4.69, 9.17) is 11.6 Å². The number of halogens is 2. The average Bonchev–Trinajstić information content (AvgIpc) is 2.46. The molecule has 0 aromatic heterocycles. The maximum absolute atomic E-state index is 11.7. The van der Waals surface area contributed by atoms with Crippen molar-refractivity contribution < 1.29 is 19.8 Å². The van der Waals surface area contributed by atoms with Crippen LogP contribution < -0.4 is 0 Å². The first-order valence-electron chi connectivity index (χ1n) is 6.31. The zero-order valence-electron chi connectivity index (χ0n) is 11.6. The summed E-state index contributed by atoms with van der Waals surface area (Å²) in [6.45, 7) is 1.65. The predicted octanol–water partition coefficient (Wildman–Crippen LogP) is 4.56. The van der Waals surface area contributed by atoms with Crippen molar-refractivity contribution in [3.05, 3.63) is 57.1 Å². The van der Waals surface area contributed by atoms with Crippen molar-refractivity contribution >= 4 is 39.5 Å². The Morgan fingerprint density at radius 1 is 1.14 bits per heavy atom. The third-order valence-electron chi connectivity index (χ3n) is 3.37. The minimum atomic E-state index is -1.19. The summed E-state index contributed by atoms with van der Waals surface area (Å²) in [5.41, 5.74) is 1.56. The van der Waals surface area contributed by atoms with Crippen LogP contribution in [0.1, 0.15) is 31.8 Å². The third-order valence-corrected chi connectivity index (χ3v) is 4.16. The Bertz CT molecular complexity index is 754. The van der Waals surface area contributed by atoms with Gasteiger partial charge in [-0.05, 0) is 41.8 Å². The number of alkyl halides is 1. The van der Waals surface area contributed by atoms with Gasteiger partial charge in [-0.3, -0.25) is 0 Å². The fraction of sp³-hybridized carbons (Fsp3) is 0.125. The molecule has 2 N–H and O–H groups in total. The van der Waals surface area contributed by atoms with Crippen molar-refractivity contribution in [3.63, 3.8) is 0 Å². The Morgan fingerprint density at radius 2 is 1.73 bits per heavy atom. The van der Waals surface area contributed by atoms with Gasteiger partial charge in [0.2, 0.25) is 0 Å². The first kappa shape index (κ1) is 16.5. The Kier molecular flexibility index (Phi) is 4.88. The second kappa shape index (κ2) is 6.50. The quantitative estimate of drug-likeness (QED) is 0.759. The van der Waals surface area contributed by atoms with Gasteiger partial charge in [0.1, 0.15) is 0 Å². The zero-order chi connectivity index (χ0) is 16.4. The summed E-state index contributed by atoms with van der Waals surface area (Å²) >= 11 is 9.18. The van der Waals surface area contributed by atoms with Gasteiger partial charge < -0.3 is 10.2 Å². The van der Waals surface area contributed by atoms with E-state index in [0.717, 1.165) is 4.47 Å². The van der Waals surface area contributed by atoms with Gasteiger partial charge in [-0.2, -0.15) is 0 Å². The van der Waals surface area contributed by atoms with Crippen LogP contribution in [-0.4, -0.2) is 22.2 Å².